The normalized spacial score (nSPS) is 11.3. The van der Waals surface area contributed by atoms with Gasteiger partial charge in [-0.3, -0.25) is 4.72 Å². The van der Waals surface area contributed by atoms with E-state index < -0.39 is 10.0 Å². The molecule has 0 fully saturated rings. The molecule has 1 N–H and O–H groups in total. The minimum atomic E-state index is -3.92. The number of anilines is 1. The summed E-state index contributed by atoms with van der Waals surface area (Å²) >= 11 is 17.9. The second-order valence-corrected chi connectivity index (χ2v) is 8.49. The van der Waals surface area contributed by atoms with Crippen LogP contribution in [0.2, 0.25) is 15.1 Å². The van der Waals surface area contributed by atoms with Crippen LogP contribution < -0.4 is 4.72 Å². The Labute approximate surface area is 167 Å². The summed E-state index contributed by atoms with van der Waals surface area (Å²) in [6.45, 7) is 0. The van der Waals surface area contributed by atoms with Crippen LogP contribution in [0.1, 0.15) is 11.1 Å². The molecule has 134 valence electrons. The van der Waals surface area contributed by atoms with E-state index in [1.165, 1.54) is 12.1 Å². The average molecular weight is 427 g/mol. The lowest BCUT2D eigenvalue weighted by molar-refractivity contribution is 0.601. The highest BCUT2D eigenvalue weighted by Crippen LogP contribution is 2.33. The van der Waals surface area contributed by atoms with Crippen LogP contribution in [-0.4, -0.2) is 8.42 Å². The Morgan fingerprint density at radius 1 is 0.769 bits per heavy atom. The van der Waals surface area contributed by atoms with E-state index in [-0.39, 0.29) is 20.0 Å². The summed E-state index contributed by atoms with van der Waals surface area (Å²) in [5, 5.41) is 0.321. The van der Waals surface area contributed by atoms with Gasteiger partial charge in [0.25, 0.3) is 10.0 Å². The number of halogens is 3. The second kappa shape index (κ2) is 7.89. The summed E-state index contributed by atoms with van der Waals surface area (Å²) in [7, 11) is -3.92. The molecule has 0 radical (unpaired) electrons. The topological polar surface area (TPSA) is 46.2 Å². The molecule has 0 heterocycles. The molecule has 3 nitrogen and oxygen atoms in total. The van der Waals surface area contributed by atoms with Crippen molar-refractivity contribution < 1.29 is 8.42 Å². The van der Waals surface area contributed by atoms with E-state index in [9.17, 15) is 8.42 Å². The third-order valence-electron chi connectivity index (χ3n) is 3.76. The first kappa shape index (κ1) is 19.1. The van der Waals surface area contributed by atoms with Gasteiger partial charge in [0, 0.05) is 0 Å². The SMILES string of the molecule is O=S(=O)(Nc1ccccc1Cc1ccccc1)c1cc(Cl)c(Cl)cc1Cl. The molecule has 0 aromatic heterocycles. The first-order chi connectivity index (χ1) is 12.4. The van der Waals surface area contributed by atoms with E-state index in [2.05, 4.69) is 4.72 Å². The van der Waals surface area contributed by atoms with Gasteiger partial charge in [-0.1, -0.05) is 83.3 Å². The monoisotopic (exact) mass is 425 g/mol. The predicted octanol–water partition coefficient (Wildman–Crippen LogP) is 6.04. The van der Waals surface area contributed by atoms with Crippen molar-refractivity contribution in [1.82, 2.24) is 0 Å². The molecule has 0 amide bonds. The molecule has 0 saturated heterocycles. The van der Waals surface area contributed by atoms with Gasteiger partial charge in [0.15, 0.2) is 0 Å². The van der Waals surface area contributed by atoms with Crippen molar-refractivity contribution in [3.8, 4) is 0 Å². The van der Waals surface area contributed by atoms with E-state index in [1.807, 2.05) is 42.5 Å². The van der Waals surface area contributed by atoms with Gasteiger partial charge >= 0.3 is 0 Å². The molecule has 0 atom stereocenters. The molecular formula is C19H14Cl3NO2S. The molecule has 0 unspecified atom stereocenters. The van der Waals surface area contributed by atoms with Gasteiger partial charge in [0.1, 0.15) is 4.90 Å². The molecule has 3 aromatic rings. The van der Waals surface area contributed by atoms with Gasteiger partial charge < -0.3 is 0 Å². The Morgan fingerprint density at radius 2 is 1.38 bits per heavy atom. The molecule has 0 aliphatic rings. The summed E-state index contributed by atoms with van der Waals surface area (Å²) in [5.74, 6) is 0. The zero-order chi connectivity index (χ0) is 18.7. The molecular weight excluding hydrogens is 413 g/mol. The lowest BCUT2D eigenvalue weighted by Gasteiger charge is -2.14. The highest BCUT2D eigenvalue weighted by molar-refractivity contribution is 7.92. The number of rotatable bonds is 5. The van der Waals surface area contributed by atoms with Gasteiger partial charge in [-0.15, -0.1) is 0 Å². The Morgan fingerprint density at radius 3 is 2.12 bits per heavy atom. The lowest BCUT2D eigenvalue weighted by atomic mass is 10.0. The largest absolute Gasteiger partial charge is 0.279 e. The molecule has 3 rings (SSSR count). The lowest BCUT2D eigenvalue weighted by Crippen LogP contribution is -2.15. The third-order valence-corrected chi connectivity index (χ3v) is 6.32. The van der Waals surface area contributed by atoms with Gasteiger partial charge in [-0.25, -0.2) is 8.42 Å². The minimum absolute atomic E-state index is 0.00689. The van der Waals surface area contributed by atoms with Crippen LogP contribution in [0.25, 0.3) is 0 Å². The number of sulfonamides is 1. The Hall–Kier alpha value is -1.72. The zero-order valence-electron chi connectivity index (χ0n) is 13.4. The Bertz CT molecular complexity index is 1040. The predicted molar refractivity (Wildman–Crippen MR) is 108 cm³/mol. The fourth-order valence-corrected chi connectivity index (χ4v) is 4.60. The fourth-order valence-electron chi connectivity index (χ4n) is 2.50. The summed E-state index contributed by atoms with van der Waals surface area (Å²) in [6, 6.07) is 19.6. The van der Waals surface area contributed by atoms with Crippen molar-refractivity contribution in [2.24, 2.45) is 0 Å². The number of nitrogens with one attached hydrogen (secondary N) is 1. The fraction of sp³-hybridized carbons (Fsp3) is 0.0526. The molecule has 26 heavy (non-hydrogen) atoms. The number of para-hydroxylation sites is 1. The third kappa shape index (κ3) is 4.33. The number of benzene rings is 3. The van der Waals surface area contributed by atoms with E-state index >= 15 is 0 Å². The molecule has 3 aromatic carbocycles. The summed E-state index contributed by atoms with van der Waals surface area (Å²) in [5.41, 5.74) is 2.41. The maximum atomic E-state index is 12.8. The van der Waals surface area contributed by atoms with Crippen molar-refractivity contribution >= 4 is 50.5 Å². The summed E-state index contributed by atoms with van der Waals surface area (Å²) in [4.78, 5) is -0.122. The molecule has 0 bridgehead atoms. The summed E-state index contributed by atoms with van der Waals surface area (Å²) < 4.78 is 28.2. The maximum absolute atomic E-state index is 12.8. The second-order valence-electron chi connectivity index (χ2n) is 5.62. The first-order valence-electron chi connectivity index (χ1n) is 7.66. The average Bonchev–Trinajstić information content (AvgIpc) is 2.60. The maximum Gasteiger partial charge on any atom is 0.263 e. The van der Waals surface area contributed by atoms with Crippen LogP contribution in [0.5, 0.6) is 0 Å². The zero-order valence-corrected chi connectivity index (χ0v) is 16.5. The van der Waals surface area contributed by atoms with Crippen molar-refractivity contribution in [3.63, 3.8) is 0 Å². The summed E-state index contributed by atoms with van der Waals surface area (Å²) in [6.07, 6.45) is 0.592. The quantitative estimate of drug-likeness (QED) is 0.506. The van der Waals surface area contributed by atoms with Crippen LogP contribution in [0, 0.1) is 0 Å². The highest BCUT2D eigenvalue weighted by Gasteiger charge is 2.21. The minimum Gasteiger partial charge on any atom is -0.279 e. The molecule has 7 heteroatoms. The smallest absolute Gasteiger partial charge is 0.263 e. The van der Waals surface area contributed by atoms with E-state index in [0.29, 0.717) is 12.1 Å². The van der Waals surface area contributed by atoms with Crippen molar-refractivity contribution in [3.05, 3.63) is 92.9 Å². The number of hydrogen-bond acceptors (Lipinski definition) is 2. The standard InChI is InChI=1S/C19H14Cl3NO2S/c20-15-11-17(22)19(12-16(15)21)26(24,25)23-18-9-5-4-8-14(18)10-13-6-2-1-3-7-13/h1-9,11-12,23H,10H2. The van der Waals surface area contributed by atoms with Crippen molar-refractivity contribution in [2.45, 2.75) is 11.3 Å². The van der Waals surface area contributed by atoms with Crippen LogP contribution in [0.4, 0.5) is 5.69 Å². The van der Waals surface area contributed by atoms with Crippen LogP contribution >= 0.6 is 34.8 Å². The Balaban J connectivity index is 1.95. The van der Waals surface area contributed by atoms with Crippen LogP contribution in [0.3, 0.4) is 0 Å². The number of hydrogen-bond donors (Lipinski definition) is 1. The van der Waals surface area contributed by atoms with Gasteiger partial charge in [0.2, 0.25) is 0 Å². The van der Waals surface area contributed by atoms with Gasteiger partial charge in [0.05, 0.1) is 20.8 Å². The molecule has 0 spiro atoms. The van der Waals surface area contributed by atoms with Crippen molar-refractivity contribution in [2.75, 3.05) is 4.72 Å². The van der Waals surface area contributed by atoms with E-state index in [4.69, 9.17) is 34.8 Å². The molecule has 0 aliphatic carbocycles. The van der Waals surface area contributed by atoms with Crippen LogP contribution in [-0.2, 0) is 16.4 Å². The van der Waals surface area contributed by atoms with Crippen molar-refractivity contribution in [1.29, 1.82) is 0 Å². The Kier molecular flexibility index (Phi) is 5.78. The van der Waals surface area contributed by atoms with Gasteiger partial charge in [-0.05, 0) is 35.7 Å². The molecule has 0 saturated carbocycles. The van der Waals surface area contributed by atoms with Crippen LogP contribution in [0.15, 0.2) is 71.6 Å². The van der Waals surface area contributed by atoms with E-state index in [0.717, 1.165) is 11.1 Å². The highest BCUT2D eigenvalue weighted by atomic mass is 35.5. The van der Waals surface area contributed by atoms with E-state index in [1.54, 1.807) is 12.1 Å². The first-order valence-corrected chi connectivity index (χ1v) is 10.3. The molecule has 0 aliphatic heterocycles. The van der Waals surface area contributed by atoms with Gasteiger partial charge in [-0.2, -0.15) is 0 Å².